The lowest BCUT2D eigenvalue weighted by atomic mass is 9.93. The second-order valence-corrected chi connectivity index (χ2v) is 5.91. The van der Waals surface area contributed by atoms with E-state index in [9.17, 15) is 4.39 Å². The summed E-state index contributed by atoms with van der Waals surface area (Å²) >= 11 is 3.32. The second kappa shape index (κ2) is 6.48. The van der Waals surface area contributed by atoms with Gasteiger partial charge in [0.05, 0.1) is 6.04 Å². The zero-order valence-electron chi connectivity index (χ0n) is 11.6. The molecule has 0 aliphatic carbocycles. The standard InChI is InChI=1S/C16H18BrFN2/c1-10-4-3-5-11(2)15(10)9-16(20-19)12-6-13(17)8-14(18)7-12/h3-8,16,20H,9,19H2,1-2H3. The van der Waals surface area contributed by atoms with Crippen molar-refractivity contribution >= 4 is 15.9 Å². The molecule has 3 N–H and O–H groups in total. The van der Waals surface area contributed by atoms with Gasteiger partial charge in [0, 0.05) is 4.47 Å². The Morgan fingerprint density at radius 3 is 2.40 bits per heavy atom. The molecule has 4 heteroatoms. The largest absolute Gasteiger partial charge is 0.271 e. The van der Waals surface area contributed by atoms with Crippen molar-refractivity contribution in [2.75, 3.05) is 0 Å². The summed E-state index contributed by atoms with van der Waals surface area (Å²) in [6.45, 7) is 4.16. The van der Waals surface area contributed by atoms with Crippen LogP contribution < -0.4 is 11.3 Å². The number of aryl methyl sites for hydroxylation is 2. The fourth-order valence-electron chi connectivity index (χ4n) is 2.42. The Hall–Kier alpha value is -1.23. The van der Waals surface area contributed by atoms with Gasteiger partial charge in [0.25, 0.3) is 0 Å². The minimum Gasteiger partial charge on any atom is -0.271 e. The quantitative estimate of drug-likeness (QED) is 0.655. The summed E-state index contributed by atoms with van der Waals surface area (Å²) in [5.41, 5.74) is 7.32. The third kappa shape index (κ3) is 3.45. The molecule has 0 aliphatic rings. The first kappa shape index (κ1) is 15.2. The molecule has 106 valence electrons. The summed E-state index contributed by atoms with van der Waals surface area (Å²) in [6, 6.07) is 10.9. The number of nitrogens with two attached hydrogens (primary N) is 1. The first-order chi connectivity index (χ1) is 9.51. The fourth-order valence-corrected chi connectivity index (χ4v) is 2.91. The molecule has 0 aromatic heterocycles. The van der Waals surface area contributed by atoms with Crippen LogP contribution in [0, 0.1) is 19.7 Å². The summed E-state index contributed by atoms with van der Waals surface area (Å²) in [7, 11) is 0. The van der Waals surface area contributed by atoms with Gasteiger partial charge in [-0.2, -0.15) is 0 Å². The first-order valence-corrected chi connectivity index (χ1v) is 7.27. The maximum atomic E-state index is 13.5. The molecule has 0 bridgehead atoms. The van der Waals surface area contributed by atoms with E-state index in [2.05, 4.69) is 47.3 Å². The third-order valence-electron chi connectivity index (χ3n) is 3.54. The maximum absolute atomic E-state index is 13.5. The minimum atomic E-state index is -0.267. The molecule has 2 rings (SSSR count). The lowest BCUT2D eigenvalue weighted by Gasteiger charge is -2.19. The molecular formula is C16H18BrFN2. The second-order valence-electron chi connectivity index (χ2n) is 5.00. The Bertz CT molecular complexity index is 573. The van der Waals surface area contributed by atoms with Crippen LogP contribution >= 0.6 is 15.9 Å². The number of rotatable bonds is 4. The van der Waals surface area contributed by atoms with Crippen molar-refractivity contribution in [3.8, 4) is 0 Å². The monoisotopic (exact) mass is 336 g/mol. The van der Waals surface area contributed by atoms with Gasteiger partial charge in [-0.1, -0.05) is 34.1 Å². The predicted octanol–water partition coefficient (Wildman–Crippen LogP) is 3.95. The zero-order chi connectivity index (χ0) is 14.7. The topological polar surface area (TPSA) is 38.0 Å². The molecule has 2 nitrogen and oxygen atoms in total. The molecule has 0 fully saturated rings. The SMILES string of the molecule is Cc1cccc(C)c1CC(NN)c1cc(F)cc(Br)c1. The van der Waals surface area contributed by atoms with Gasteiger partial charge in [-0.3, -0.25) is 11.3 Å². The highest BCUT2D eigenvalue weighted by Crippen LogP contribution is 2.25. The van der Waals surface area contributed by atoms with Gasteiger partial charge >= 0.3 is 0 Å². The molecule has 0 aliphatic heterocycles. The average Bonchev–Trinajstić information content (AvgIpc) is 2.37. The smallest absolute Gasteiger partial charge is 0.124 e. The number of halogens is 2. The van der Waals surface area contributed by atoms with Crippen molar-refractivity contribution in [1.82, 2.24) is 5.43 Å². The van der Waals surface area contributed by atoms with Crippen molar-refractivity contribution in [2.24, 2.45) is 5.84 Å². The van der Waals surface area contributed by atoms with E-state index in [1.165, 1.54) is 28.8 Å². The summed E-state index contributed by atoms with van der Waals surface area (Å²) < 4.78 is 14.2. The van der Waals surface area contributed by atoms with E-state index in [0.717, 1.165) is 12.0 Å². The van der Waals surface area contributed by atoms with Gasteiger partial charge in [0.2, 0.25) is 0 Å². The van der Waals surface area contributed by atoms with Crippen LogP contribution in [0.3, 0.4) is 0 Å². The highest BCUT2D eigenvalue weighted by atomic mass is 79.9. The number of hydrazine groups is 1. The van der Waals surface area contributed by atoms with Crippen LogP contribution in [-0.2, 0) is 6.42 Å². The van der Waals surface area contributed by atoms with Gasteiger partial charge in [-0.25, -0.2) is 4.39 Å². The molecule has 0 radical (unpaired) electrons. The van der Waals surface area contributed by atoms with Crippen molar-refractivity contribution in [2.45, 2.75) is 26.3 Å². The van der Waals surface area contributed by atoms with Crippen molar-refractivity contribution < 1.29 is 4.39 Å². The molecule has 0 saturated carbocycles. The molecular weight excluding hydrogens is 319 g/mol. The number of nitrogens with one attached hydrogen (secondary N) is 1. The van der Waals surface area contributed by atoms with E-state index in [4.69, 9.17) is 5.84 Å². The molecule has 0 saturated heterocycles. The van der Waals surface area contributed by atoms with E-state index >= 15 is 0 Å². The Morgan fingerprint density at radius 2 is 1.85 bits per heavy atom. The van der Waals surface area contributed by atoms with Crippen LogP contribution in [0.2, 0.25) is 0 Å². The molecule has 0 amide bonds. The van der Waals surface area contributed by atoms with Crippen LogP contribution in [0.4, 0.5) is 4.39 Å². The fraction of sp³-hybridized carbons (Fsp3) is 0.250. The van der Waals surface area contributed by atoms with Gasteiger partial charge in [0.15, 0.2) is 0 Å². The van der Waals surface area contributed by atoms with Gasteiger partial charge < -0.3 is 0 Å². The van der Waals surface area contributed by atoms with E-state index in [-0.39, 0.29) is 11.9 Å². The van der Waals surface area contributed by atoms with E-state index < -0.39 is 0 Å². The van der Waals surface area contributed by atoms with E-state index in [1.54, 1.807) is 0 Å². The Balaban J connectivity index is 2.33. The molecule has 0 heterocycles. The number of hydrogen-bond donors (Lipinski definition) is 2. The lowest BCUT2D eigenvalue weighted by molar-refractivity contribution is 0.542. The molecule has 2 aromatic carbocycles. The van der Waals surface area contributed by atoms with E-state index in [0.29, 0.717) is 4.47 Å². The van der Waals surface area contributed by atoms with E-state index in [1.807, 2.05) is 12.1 Å². The van der Waals surface area contributed by atoms with Crippen LogP contribution in [0.25, 0.3) is 0 Å². The minimum absolute atomic E-state index is 0.123. The van der Waals surface area contributed by atoms with Crippen molar-refractivity contribution in [1.29, 1.82) is 0 Å². The highest BCUT2D eigenvalue weighted by molar-refractivity contribution is 9.10. The summed E-state index contributed by atoms with van der Waals surface area (Å²) in [4.78, 5) is 0. The molecule has 1 unspecified atom stereocenters. The van der Waals surface area contributed by atoms with Gasteiger partial charge in [-0.15, -0.1) is 0 Å². The highest BCUT2D eigenvalue weighted by Gasteiger charge is 2.15. The molecule has 0 spiro atoms. The van der Waals surface area contributed by atoms with Gasteiger partial charge in [0.1, 0.15) is 5.82 Å². The molecule has 2 aromatic rings. The number of benzene rings is 2. The van der Waals surface area contributed by atoms with Gasteiger partial charge in [-0.05, 0) is 60.7 Å². The predicted molar refractivity (Wildman–Crippen MR) is 83.8 cm³/mol. The molecule has 1 atom stereocenters. The molecule has 20 heavy (non-hydrogen) atoms. The Labute approximate surface area is 127 Å². The van der Waals surface area contributed by atoms with Crippen molar-refractivity contribution in [3.63, 3.8) is 0 Å². The maximum Gasteiger partial charge on any atom is 0.124 e. The summed E-state index contributed by atoms with van der Waals surface area (Å²) in [5.74, 6) is 5.40. The first-order valence-electron chi connectivity index (χ1n) is 6.48. The zero-order valence-corrected chi connectivity index (χ0v) is 13.2. The van der Waals surface area contributed by atoms with Crippen molar-refractivity contribution in [3.05, 3.63) is 68.9 Å². The Kier molecular flexibility index (Phi) is 4.91. The van der Waals surface area contributed by atoms with Crippen LogP contribution in [0.5, 0.6) is 0 Å². The van der Waals surface area contributed by atoms with Crippen LogP contribution in [-0.4, -0.2) is 0 Å². The average molecular weight is 337 g/mol. The lowest BCUT2D eigenvalue weighted by Crippen LogP contribution is -2.30. The van der Waals surface area contributed by atoms with Crippen LogP contribution in [0.1, 0.15) is 28.3 Å². The Morgan fingerprint density at radius 1 is 1.20 bits per heavy atom. The van der Waals surface area contributed by atoms with Crippen LogP contribution in [0.15, 0.2) is 40.9 Å². The normalized spacial score (nSPS) is 12.4. The third-order valence-corrected chi connectivity index (χ3v) is 4.00. The number of hydrogen-bond acceptors (Lipinski definition) is 2. The summed E-state index contributed by atoms with van der Waals surface area (Å²) in [6.07, 6.45) is 0.727. The summed E-state index contributed by atoms with van der Waals surface area (Å²) in [5, 5.41) is 0.